The van der Waals surface area contributed by atoms with Gasteiger partial charge in [-0.1, -0.05) is 11.6 Å². The zero-order valence-corrected chi connectivity index (χ0v) is 12.2. The predicted molar refractivity (Wildman–Crippen MR) is 85.2 cm³/mol. The summed E-state index contributed by atoms with van der Waals surface area (Å²) in [7, 11) is 0. The van der Waals surface area contributed by atoms with Gasteiger partial charge in [-0.15, -0.1) is 0 Å². The highest BCUT2D eigenvalue weighted by molar-refractivity contribution is 6.36. The number of hydrogen-bond donors (Lipinski definition) is 1. The van der Waals surface area contributed by atoms with E-state index in [2.05, 4.69) is 5.32 Å². The summed E-state index contributed by atoms with van der Waals surface area (Å²) in [6.45, 7) is 1.86. The number of hydrogen-bond acceptors (Lipinski definition) is 4. The molecule has 0 saturated carbocycles. The Kier molecular flexibility index (Phi) is 3.50. The largest absolute Gasteiger partial charge is 0.321 e. The molecule has 1 heterocycles. The Balaban J connectivity index is 2.00. The maximum atomic E-state index is 12.5. The number of nitro benzene ring substituents is 1. The maximum Gasteiger partial charge on any atom is 0.269 e. The Morgan fingerprint density at radius 1 is 1.09 bits per heavy atom. The Bertz CT molecular complexity index is 867. The molecule has 2 aromatic rings. The van der Waals surface area contributed by atoms with E-state index in [1.54, 1.807) is 12.1 Å². The van der Waals surface area contributed by atoms with Gasteiger partial charge in [0.25, 0.3) is 11.6 Å². The van der Waals surface area contributed by atoms with E-state index in [1.165, 1.54) is 30.3 Å². The summed E-state index contributed by atoms with van der Waals surface area (Å²) >= 11 is 0. The van der Waals surface area contributed by atoms with Gasteiger partial charge in [0.1, 0.15) is 0 Å². The van der Waals surface area contributed by atoms with Crippen LogP contribution in [0.2, 0.25) is 0 Å². The molecule has 0 radical (unpaired) electrons. The monoisotopic (exact) mass is 308 g/mol. The Morgan fingerprint density at radius 2 is 1.78 bits per heavy atom. The fraction of sp³-hybridized carbons (Fsp3) is 0.0588. The number of anilines is 1. The third-order valence-electron chi connectivity index (χ3n) is 3.57. The fourth-order valence-corrected chi connectivity index (χ4v) is 2.38. The molecular weight excluding hydrogens is 296 g/mol. The van der Waals surface area contributed by atoms with Crippen LogP contribution in [-0.2, 0) is 4.79 Å². The predicted octanol–water partition coefficient (Wildman–Crippen LogP) is 3.12. The number of rotatable bonds is 2. The molecule has 0 atom stereocenters. The van der Waals surface area contributed by atoms with E-state index in [9.17, 15) is 19.7 Å². The summed E-state index contributed by atoms with van der Waals surface area (Å²) in [4.78, 5) is 34.8. The van der Waals surface area contributed by atoms with Gasteiger partial charge in [0, 0.05) is 17.7 Å². The van der Waals surface area contributed by atoms with Crippen LogP contribution >= 0.6 is 0 Å². The van der Waals surface area contributed by atoms with Gasteiger partial charge >= 0.3 is 0 Å². The van der Waals surface area contributed by atoms with Crippen LogP contribution in [0.5, 0.6) is 0 Å². The summed E-state index contributed by atoms with van der Waals surface area (Å²) in [6, 6.07) is 10.9. The number of fused-ring (bicyclic) bond motifs is 1. The van der Waals surface area contributed by atoms with Gasteiger partial charge in [-0.3, -0.25) is 19.7 Å². The van der Waals surface area contributed by atoms with Crippen molar-refractivity contribution in [1.29, 1.82) is 0 Å². The second-order valence-corrected chi connectivity index (χ2v) is 5.24. The first-order valence-electron chi connectivity index (χ1n) is 6.88. The summed E-state index contributed by atoms with van der Waals surface area (Å²) in [5.74, 6) is -0.837. The van der Waals surface area contributed by atoms with Crippen LogP contribution in [0.4, 0.5) is 11.4 Å². The lowest BCUT2D eigenvalue weighted by atomic mass is 9.94. The van der Waals surface area contributed by atoms with Crippen molar-refractivity contribution in [2.45, 2.75) is 6.92 Å². The molecule has 0 spiro atoms. The van der Waals surface area contributed by atoms with E-state index in [1.807, 2.05) is 13.0 Å². The van der Waals surface area contributed by atoms with Crippen molar-refractivity contribution in [3.63, 3.8) is 0 Å². The Morgan fingerprint density at radius 3 is 2.43 bits per heavy atom. The first-order chi connectivity index (χ1) is 11.0. The van der Waals surface area contributed by atoms with Crippen molar-refractivity contribution in [2.75, 3.05) is 5.32 Å². The number of benzene rings is 2. The topological polar surface area (TPSA) is 89.3 Å². The Hall–Kier alpha value is -3.28. The molecular formula is C17H12N2O4. The highest BCUT2D eigenvalue weighted by Crippen LogP contribution is 2.27. The lowest BCUT2D eigenvalue weighted by Crippen LogP contribution is -2.27. The van der Waals surface area contributed by atoms with Gasteiger partial charge in [-0.25, -0.2) is 0 Å². The maximum absolute atomic E-state index is 12.5. The van der Waals surface area contributed by atoms with Gasteiger partial charge in [0.2, 0.25) is 5.78 Å². The van der Waals surface area contributed by atoms with Crippen LogP contribution in [0, 0.1) is 17.0 Å². The second-order valence-electron chi connectivity index (χ2n) is 5.24. The SMILES string of the molecule is Cc1ccc2c(c1)C(=O)C(=Cc1ccc([N+](=O)[O-])cc1)C(=O)N2. The fourth-order valence-electron chi connectivity index (χ4n) is 2.38. The first kappa shape index (κ1) is 14.6. The number of nitro groups is 1. The molecule has 1 N–H and O–H groups in total. The number of Topliss-reactive ketones (excluding diaryl/α,β-unsaturated/α-hetero) is 1. The summed E-state index contributed by atoms with van der Waals surface area (Å²) in [5, 5.41) is 13.3. The molecule has 23 heavy (non-hydrogen) atoms. The van der Waals surface area contributed by atoms with Crippen LogP contribution < -0.4 is 5.32 Å². The van der Waals surface area contributed by atoms with E-state index in [0.29, 0.717) is 16.8 Å². The summed E-state index contributed by atoms with van der Waals surface area (Å²) < 4.78 is 0. The normalized spacial score (nSPS) is 15.3. The second kappa shape index (κ2) is 5.49. The van der Waals surface area contributed by atoms with Gasteiger partial charge in [0.05, 0.1) is 16.2 Å². The number of carbonyl (C=O) groups is 2. The molecule has 6 nitrogen and oxygen atoms in total. The van der Waals surface area contributed by atoms with Gasteiger partial charge in [0.15, 0.2) is 0 Å². The minimum Gasteiger partial charge on any atom is -0.321 e. The molecule has 2 aromatic carbocycles. The number of non-ortho nitro benzene ring substituents is 1. The zero-order valence-electron chi connectivity index (χ0n) is 12.2. The van der Waals surface area contributed by atoms with Crippen LogP contribution in [0.25, 0.3) is 6.08 Å². The van der Waals surface area contributed by atoms with Crippen molar-refractivity contribution in [3.8, 4) is 0 Å². The smallest absolute Gasteiger partial charge is 0.269 e. The van der Waals surface area contributed by atoms with Gasteiger partial charge < -0.3 is 5.32 Å². The number of ketones is 1. The molecule has 0 aliphatic carbocycles. The van der Waals surface area contributed by atoms with Gasteiger partial charge in [-0.2, -0.15) is 0 Å². The molecule has 1 aliphatic heterocycles. The lowest BCUT2D eigenvalue weighted by molar-refractivity contribution is -0.384. The third-order valence-corrected chi connectivity index (χ3v) is 3.57. The third kappa shape index (κ3) is 2.74. The molecule has 1 aliphatic rings. The minimum absolute atomic E-state index is 0.0111. The molecule has 0 bridgehead atoms. The molecule has 1 amide bonds. The molecule has 6 heteroatoms. The summed E-state index contributed by atoms with van der Waals surface area (Å²) in [6.07, 6.45) is 1.44. The van der Waals surface area contributed by atoms with E-state index < -0.39 is 10.8 Å². The molecule has 3 rings (SSSR count). The van der Waals surface area contributed by atoms with Crippen molar-refractivity contribution in [3.05, 3.63) is 74.8 Å². The Labute approximate surface area is 131 Å². The highest BCUT2D eigenvalue weighted by atomic mass is 16.6. The van der Waals surface area contributed by atoms with Crippen molar-refractivity contribution in [2.24, 2.45) is 0 Å². The average molecular weight is 308 g/mol. The van der Waals surface area contributed by atoms with Crippen LogP contribution in [0.3, 0.4) is 0 Å². The van der Waals surface area contributed by atoms with Crippen LogP contribution in [0.1, 0.15) is 21.5 Å². The average Bonchev–Trinajstić information content (AvgIpc) is 2.53. The molecule has 0 fully saturated rings. The minimum atomic E-state index is -0.506. The van der Waals surface area contributed by atoms with Crippen molar-refractivity contribution in [1.82, 2.24) is 0 Å². The zero-order chi connectivity index (χ0) is 16.6. The first-order valence-corrected chi connectivity index (χ1v) is 6.88. The summed E-state index contributed by atoms with van der Waals surface area (Å²) in [5.41, 5.74) is 2.36. The molecule has 0 aromatic heterocycles. The van der Waals surface area contributed by atoms with Crippen LogP contribution in [0.15, 0.2) is 48.0 Å². The van der Waals surface area contributed by atoms with Crippen molar-refractivity contribution < 1.29 is 14.5 Å². The van der Waals surface area contributed by atoms with E-state index in [4.69, 9.17) is 0 Å². The van der Waals surface area contributed by atoms with E-state index in [-0.39, 0.29) is 17.0 Å². The number of aryl methyl sites for hydroxylation is 1. The van der Waals surface area contributed by atoms with E-state index in [0.717, 1.165) is 5.56 Å². The number of nitrogens with one attached hydrogen (secondary N) is 1. The van der Waals surface area contributed by atoms with Crippen molar-refractivity contribution >= 4 is 29.1 Å². The number of nitrogens with zero attached hydrogens (tertiary/aromatic N) is 1. The number of carbonyl (C=O) groups excluding carboxylic acids is 2. The lowest BCUT2D eigenvalue weighted by Gasteiger charge is -2.18. The highest BCUT2D eigenvalue weighted by Gasteiger charge is 2.28. The molecule has 114 valence electrons. The van der Waals surface area contributed by atoms with Gasteiger partial charge in [-0.05, 0) is 42.8 Å². The van der Waals surface area contributed by atoms with Crippen LogP contribution in [-0.4, -0.2) is 16.6 Å². The quantitative estimate of drug-likeness (QED) is 0.399. The standard InChI is InChI=1S/C17H12N2O4/c1-10-2-7-15-13(8-10)16(20)14(17(21)18-15)9-11-3-5-12(6-4-11)19(22)23/h2-9H,1H3,(H,18,21). The molecule has 0 saturated heterocycles. The molecule has 0 unspecified atom stereocenters. The van der Waals surface area contributed by atoms with E-state index >= 15 is 0 Å². The number of amides is 1.